The summed E-state index contributed by atoms with van der Waals surface area (Å²) in [4.78, 5) is 34.2. The Morgan fingerprint density at radius 2 is 1.38 bits per heavy atom. The van der Waals surface area contributed by atoms with Crippen LogP contribution in [0.25, 0.3) is 0 Å². The first-order valence-electron chi connectivity index (χ1n) is 8.19. The fraction of sp³-hybridized carbons (Fsp3) is 0.824. The number of carbonyl (C=O) groups is 3. The van der Waals surface area contributed by atoms with Gasteiger partial charge in [0.25, 0.3) is 0 Å². The molecular weight excluding hydrogens is 266 g/mol. The smallest absolute Gasteiger partial charge is 0.220 e. The third kappa shape index (κ3) is 9.38. The maximum absolute atomic E-state index is 11.7. The predicted molar refractivity (Wildman–Crippen MR) is 85.0 cm³/mol. The van der Waals surface area contributed by atoms with Gasteiger partial charge in [0.05, 0.1) is 0 Å². The molecule has 0 bridgehead atoms. The quantitative estimate of drug-likeness (QED) is 0.562. The van der Waals surface area contributed by atoms with E-state index in [0.717, 1.165) is 32.1 Å². The molecule has 0 aliphatic heterocycles. The minimum atomic E-state index is 0.0108. The number of Topliss-reactive ketones (excluding diaryl/α,β-unsaturated/α-hetero) is 2. The number of carbonyl (C=O) groups excluding carboxylic acids is 3. The topological polar surface area (TPSA) is 63.2 Å². The van der Waals surface area contributed by atoms with Crippen molar-refractivity contribution in [3.8, 4) is 0 Å². The van der Waals surface area contributed by atoms with E-state index in [0.29, 0.717) is 19.4 Å². The number of amides is 1. The van der Waals surface area contributed by atoms with Crippen molar-refractivity contribution >= 4 is 17.5 Å². The molecule has 0 radical (unpaired) electrons. The first-order valence-corrected chi connectivity index (χ1v) is 8.19. The van der Waals surface area contributed by atoms with Crippen molar-refractivity contribution in [2.24, 2.45) is 11.8 Å². The molecule has 0 saturated heterocycles. The summed E-state index contributed by atoms with van der Waals surface area (Å²) in [6, 6.07) is 0. The second-order valence-electron chi connectivity index (χ2n) is 5.82. The summed E-state index contributed by atoms with van der Waals surface area (Å²) < 4.78 is 0. The molecule has 0 fully saturated rings. The van der Waals surface area contributed by atoms with Crippen LogP contribution in [0.15, 0.2) is 0 Å². The van der Waals surface area contributed by atoms with E-state index in [1.807, 2.05) is 13.8 Å². The fourth-order valence-corrected chi connectivity index (χ4v) is 2.53. The van der Waals surface area contributed by atoms with E-state index in [1.165, 1.54) is 0 Å². The molecular formula is C17H31NO3. The van der Waals surface area contributed by atoms with Gasteiger partial charge in [-0.05, 0) is 46.0 Å². The summed E-state index contributed by atoms with van der Waals surface area (Å²) in [5, 5.41) is 2.89. The number of hydrogen-bond acceptors (Lipinski definition) is 3. The highest BCUT2D eigenvalue weighted by molar-refractivity contribution is 5.80. The molecule has 2 atom stereocenters. The normalized spacial score (nSPS) is 13.5. The molecule has 4 heteroatoms. The van der Waals surface area contributed by atoms with E-state index >= 15 is 0 Å². The van der Waals surface area contributed by atoms with Gasteiger partial charge >= 0.3 is 0 Å². The summed E-state index contributed by atoms with van der Waals surface area (Å²) >= 11 is 0. The van der Waals surface area contributed by atoms with Gasteiger partial charge in [0.2, 0.25) is 5.91 Å². The van der Waals surface area contributed by atoms with E-state index in [4.69, 9.17) is 0 Å². The van der Waals surface area contributed by atoms with Gasteiger partial charge in [0.15, 0.2) is 0 Å². The van der Waals surface area contributed by atoms with Crippen LogP contribution < -0.4 is 5.32 Å². The average Bonchev–Trinajstić information content (AvgIpc) is 2.42. The lowest BCUT2D eigenvalue weighted by atomic mass is 9.95. The monoisotopic (exact) mass is 297 g/mol. The fourth-order valence-electron chi connectivity index (χ4n) is 2.53. The Labute approximate surface area is 129 Å². The van der Waals surface area contributed by atoms with Crippen LogP contribution in [0.5, 0.6) is 0 Å². The highest BCUT2D eigenvalue weighted by Crippen LogP contribution is 2.13. The van der Waals surface area contributed by atoms with Gasteiger partial charge in [-0.2, -0.15) is 0 Å². The molecule has 21 heavy (non-hydrogen) atoms. The molecule has 0 heterocycles. The van der Waals surface area contributed by atoms with Gasteiger partial charge in [0, 0.05) is 24.8 Å². The van der Waals surface area contributed by atoms with Crippen molar-refractivity contribution in [1.29, 1.82) is 0 Å². The zero-order chi connectivity index (χ0) is 16.3. The average molecular weight is 297 g/mol. The zero-order valence-corrected chi connectivity index (χ0v) is 14.0. The third-order valence-electron chi connectivity index (χ3n) is 4.16. The van der Waals surface area contributed by atoms with E-state index < -0.39 is 0 Å². The Kier molecular flexibility index (Phi) is 10.8. The number of unbranched alkanes of at least 4 members (excludes halogenated alkanes) is 1. The predicted octanol–water partition coefficient (Wildman–Crippen LogP) is 3.28. The molecule has 0 aromatic heterocycles. The Hall–Kier alpha value is -1.19. The molecule has 0 aromatic rings. The molecule has 1 unspecified atom stereocenters. The standard InChI is InChI=1S/C17H31NO3/c1-5-15(13(3)19)9-7-8-12-18-17(21)11-10-16(6-2)14(4)20/h15-16H,5-12H2,1-4H3,(H,18,21)/t15-,16?/m0/s1. The van der Waals surface area contributed by atoms with Crippen LogP contribution in [0.3, 0.4) is 0 Å². The first kappa shape index (κ1) is 19.8. The Balaban J connectivity index is 3.71. The first-order chi connectivity index (χ1) is 9.92. The molecule has 0 saturated carbocycles. The molecule has 0 aliphatic carbocycles. The summed E-state index contributed by atoms with van der Waals surface area (Å²) in [5.74, 6) is 0.628. The van der Waals surface area contributed by atoms with Crippen LogP contribution in [0.1, 0.15) is 72.6 Å². The highest BCUT2D eigenvalue weighted by Gasteiger charge is 2.14. The van der Waals surface area contributed by atoms with Crippen LogP contribution in [-0.2, 0) is 14.4 Å². The van der Waals surface area contributed by atoms with Gasteiger partial charge in [0.1, 0.15) is 11.6 Å². The van der Waals surface area contributed by atoms with Gasteiger partial charge in [-0.15, -0.1) is 0 Å². The van der Waals surface area contributed by atoms with Crippen LogP contribution in [-0.4, -0.2) is 24.0 Å². The van der Waals surface area contributed by atoms with Crippen molar-refractivity contribution in [3.63, 3.8) is 0 Å². The van der Waals surface area contributed by atoms with Gasteiger partial charge in [-0.3, -0.25) is 14.4 Å². The molecule has 4 nitrogen and oxygen atoms in total. The Bertz CT molecular complexity index is 339. The Morgan fingerprint density at radius 1 is 0.857 bits per heavy atom. The van der Waals surface area contributed by atoms with Crippen LogP contribution in [0.4, 0.5) is 0 Å². The van der Waals surface area contributed by atoms with Crippen molar-refractivity contribution in [3.05, 3.63) is 0 Å². The zero-order valence-electron chi connectivity index (χ0n) is 14.0. The van der Waals surface area contributed by atoms with Gasteiger partial charge in [-0.25, -0.2) is 0 Å². The SMILES string of the molecule is CCC(CCC(=O)NCCCC[C@H](CC)C(C)=O)C(C)=O. The van der Waals surface area contributed by atoms with Crippen LogP contribution in [0, 0.1) is 11.8 Å². The van der Waals surface area contributed by atoms with E-state index in [1.54, 1.807) is 13.8 Å². The molecule has 0 aliphatic rings. The molecule has 0 spiro atoms. The Morgan fingerprint density at radius 3 is 1.86 bits per heavy atom. The second-order valence-corrected chi connectivity index (χ2v) is 5.82. The summed E-state index contributed by atoms with van der Waals surface area (Å²) in [7, 11) is 0. The molecule has 0 aromatic carbocycles. The molecule has 122 valence electrons. The molecule has 1 amide bonds. The largest absolute Gasteiger partial charge is 0.356 e. The van der Waals surface area contributed by atoms with Crippen molar-refractivity contribution < 1.29 is 14.4 Å². The van der Waals surface area contributed by atoms with Crippen LogP contribution in [0.2, 0.25) is 0 Å². The lowest BCUT2D eigenvalue weighted by Gasteiger charge is -2.12. The lowest BCUT2D eigenvalue weighted by Crippen LogP contribution is -2.25. The second kappa shape index (κ2) is 11.5. The van der Waals surface area contributed by atoms with E-state index in [2.05, 4.69) is 5.32 Å². The number of hydrogen-bond donors (Lipinski definition) is 1. The van der Waals surface area contributed by atoms with Crippen molar-refractivity contribution in [2.75, 3.05) is 6.54 Å². The van der Waals surface area contributed by atoms with E-state index in [9.17, 15) is 14.4 Å². The third-order valence-corrected chi connectivity index (χ3v) is 4.16. The molecule has 0 rings (SSSR count). The minimum Gasteiger partial charge on any atom is -0.356 e. The minimum absolute atomic E-state index is 0.0108. The molecule has 1 N–H and O–H groups in total. The summed E-state index contributed by atoms with van der Waals surface area (Å²) in [5.41, 5.74) is 0. The van der Waals surface area contributed by atoms with Crippen molar-refractivity contribution in [1.82, 2.24) is 5.32 Å². The summed E-state index contributed by atoms with van der Waals surface area (Å²) in [6.07, 6.45) is 5.52. The maximum atomic E-state index is 11.7. The number of rotatable bonds is 12. The summed E-state index contributed by atoms with van der Waals surface area (Å²) in [6.45, 7) is 7.90. The maximum Gasteiger partial charge on any atom is 0.220 e. The number of ketones is 2. The lowest BCUT2D eigenvalue weighted by molar-refractivity contribution is -0.123. The van der Waals surface area contributed by atoms with Crippen molar-refractivity contribution in [2.45, 2.75) is 72.6 Å². The van der Waals surface area contributed by atoms with E-state index in [-0.39, 0.29) is 29.3 Å². The highest BCUT2D eigenvalue weighted by atomic mass is 16.1. The van der Waals surface area contributed by atoms with Gasteiger partial charge < -0.3 is 5.32 Å². The van der Waals surface area contributed by atoms with Gasteiger partial charge in [-0.1, -0.05) is 20.3 Å². The number of nitrogens with one attached hydrogen (secondary N) is 1. The van der Waals surface area contributed by atoms with Crippen LogP contribution >= 0.6 is 0 Å².